The zero-order valence-corrected chi connectivity index (χ0v) is 32.5. The van der Waals surface area contributed by atoms with Crippen molar-refractivity contribution >= 4 is 34.1 Å². The van der Waals surface area contributed by atoms with Crippen LogP contribution in [0.1, 0.15) is 33.4 Å². The molecule has 1 unspecified atom stereocenters. The number of ether oxygens (including phenoxy) is 2. The first-order valence-corrected chi connectivity index (χ1v) is 19.5. The largest absolute Gasteiger partial charge is 0.497 e. The van der Waals surface area contributed by atoms with E-state index in [1.165, 1.54) is 55.6 Å². The summed E-state index contributed by atoms with van der Waals surface area (Å²) < 4.78 is 11.1. The summed E-state index contributed by atoms with van der Waals surface area (Å²) in [4.78, 5) is 4.72. The lowest BCUT2D eigenvalue weighted by Gasteiger charge is -2.33. The summed E-state index contributed by atoms with van der Waals surface area (Å²) in [6, 6.07) is 66.4. The molecule has 0 radical (unpaired) electrons. The van der Waals surface area contributed by atoms with Crippen LogP contribution < -0.4 is 19.3 Å². The topological polar surface area (TPSA) is 24.9 Å². The third-order valence-corrected chi connectivity index (χ3v) is 11.8. The highest BCUT2D eigenvalue weighted by Crippen LogP contribution is 2.64. The van der Waals surface area contributed by atoms with Crippen LogP contribution in [0, 0.1) is 13.8 Å². The molecule has 0 N–H and O–H groups in total. The molecule has 0 heterocycles. The Morgan fingerprint density at radius 3 is 1.02 bits per heavy atom. The molecule has 1 spiro atoms. The Morgan fingerprint density at radius 1 is 0.333 bits per heavy atom. The van der Waals surface area contributed by atoms with E-state index in [0.29, 0.717) is 0 Å². The minimum absolute atomic E-state index is 0.554. The first-order chi connectivity index (χ1) is 28.0. The first kappa shape index (κ1) is 34.5. The van der Waals surface area contributed by atoms with E-state index in [0.717, 1.165) is 45.6 Å². The number of hydrogen-bond donors (Lipinski definition) is 0. The molecule has 2 aliphatic carbocycles. The molecule has 10 rings (SSSR count). The Morgan fingerprint density at radius 2 is 0.649 bits per heavy atom. The van der Waals surface area contributed by atoms with E-state index in [1.54, 1.807) is 14.2 Å². The Labute approximate surface area is 334 Å². The fraction of sp³-hybridized carbons (Fsp3) is 0.0943. The number of methoxy groups -OCH3 is 2. The van der Waals surface area contributed by atoms with Crippen molar-refractivity contribution in [2.75, 3.05) is 24.0 Å². The average Bonchev–Trinajstić information content (AvgIpc) is 3.72. The Bertz CT molecular complexity index is 2670. The van der Waals surface area contributed by atoms with Crippen molar-refractivity contribution in [1.82, 2.24) is 0 Å². The number of fused-ring (bicyclic) bond motifs is 10. The van der Waals surface area contributed by atoms with Crippen LogP contribution in [0.15, 0.2) is 182 Å². The quantitative estimate of drug-likeness (QED) is 0.155. The second-order valence-corrected chi connectivity index (χ2v) is 15.0. The van der Waals surface area contributed by atoms with Gasteiger partial charge in [0, 0.05) is 34.1 Å². The zero-order chi connectivity index (χ0) is 38.7. The lowest BCUT2D eigenvalue weighted by molar-refractivity contribution is 0.415. The first-order valence-electron chi connectivity index (χ1n) is 19.5. The van der Waals surface area contributed by atoms with E-state index in [9.17, 15) is 0 Å². The van der Waals surface area contributed by atoms with Crippen molar-refractivity contribution in [2.24, 2.45) is 0 Å². The minimum atomic E-state index is -0.554. The van der Waals surface area contributed by atoms with Crippen LogP contribution in [0.25, 0.3) is 22.3 Å². The van der Waals surface area contributed by atoms with Gasteiger partial charge in [-0.05, 0) is 155 Å². The van der Waals surface area contributed by atoms with Gasteiger partial charge in [-0.25, -0.2) is 0 Å². The summed E-state index contributed by atoms with van der Waals surface area (Å²) in [6.07, 6.45) is 0. The van der Waals surface area contributed by atoms with Crippen LogP contribution in [0.3, 0.4) is 0 Å². The number of hydrogen-bond acceptors (Lipinski definition) is 4. The van der Waals surface area contributed by atoms with Gasteiger partial charge < -0.3 is 19.3 Å². The maximum Gasteiger partial charge on any atom is 0.119 e. The Kier molecular flexibility index (Phi) is 8.23. The molecule has 4 heteroatoms. The van der Waals surface area contributed by atoms with E-state index in [1.807, 2.05) is 24.3 Å². The van der Waals surface area contributed by atoms with Crippen molar-refractivity contribution in [2.45, 2.75) is 19.3 Å². The zero-order valence-electron chi connectivity index (χ0n) is 32.5. The van der Waals surface area contributed by atoms with Crippen LogP contribution in [0.2, 0.25) is 0 Å². The van der Waals surface area contributed by atoms with Gasteiger partial charge in [0.25, 0.3) is 0 Å². The molecule has 0 bridgehead atoms. The van der Waals surface area contributed by atoms with Crippen molar-refractivity contribution < 1.29 is 9.47 Å². The second-order valence-electron chi connectivity index (χ2n) is 15.0. The fourth-order valence-corrected chi connectivity index (χ4v) is 9.14. The molecule has 0 aliphatic heterocycles. The number of anilines is 6. The molecule has 0 fully saturated rings. The predicted molar refractivity (Wildman–Crippen MR) is 235 cm³/mol. The second kappa shape index (κ2) is 13.6. The maximum atomic E-state index is 5.57. The average molecular weight is 739 g/mol. The van der Waals surface area contributed by atoms with Crippen LogP contribution in [-0.4, -0.2) is 14.2 Å². The van der Waals surface area contributed by atoms with Gasteiger partial charge in [0.05, 0.1) is 19.6 Å². The SMILES string of the molecule is COc1ccc(N(c2ccc(OC)cc2)c2ccc3c(c2)C2(c4ccccc4-c4ccc(N(c5ccc(C)cc5)c5ccc(C)cc5)cc42)c2ccccc2-3)cc1. The number of benzene rings is 8. The van der Waals surface area contributed by atoms with E-state index < -0.39 is 5.41 Å². The van der Waals surface area contributed by atoms with E-state index in [2.05, 4.69) is 181 Å². The highest BCUT2D eigenvalue weighted by Gasteiger charge is 2.52. The molecule has 0 aromatic heterocycles. The van der Waals surface area contributed by atoms with Gasteiger partial charge in [0.1, 0.15) is 11.5 Å². The molecule has 0 saturated carbocycles. The summed E-state index contributed by atoms with van der Waals surface area (Å²) in [6.45, 7) is 4.29. The minimum Gasteiger partial charge on any atom is -0.497 e. The molecule has 276 valence electrons. The molecule has 57 heavy (non-hydrogen) atoms. The van der Waals surface area contributed by atoms with E-state index in [4.69, 9.17) is 9.47 Å². The molecule has 4 nitrogen and oxygen atoms in total. The molecule has 0 amide bonds. The molecule has 0 saturated heterocycles. The molecule has 8 aromatic carbocycles. The number of aryl methyl sites for hydroxylation is 2. The molecular weight excluding hydrogens is 697 g/mol. The highest BCUT2D eigenvalue weighted by molar-refractivity contribution is 5.97. The number of rotatable bonds is 8. The van der Waals surface area contributed by atoms with Gasteiger partial charge in [0.15, 0.2) is 0 Å². The molecular formula is C53H42N2O2. The summed E-state index contributed by atoms with van der Waals surface area (Å²) in [5.74, 6) is 1.63. The highest BCUT2D eigenvalue weighted by atomic mass is 16.5. The lowest BCUT2D eigenvalue weighted by atomic mass is 9.70. The van der Waals surface area contributed by atoms with Gasteiger partial charge in [-0.3, -0.25) is 0 Å². The lowest BCUT2D eigenvalue weighted by Crippen LogP contribution is -2.26. The molecule has 8 aromatic rings. The normalized spacial score (nSPS) is 14.4. The van der Waals surface area contributed by atoms with Crippen LogP contribution in [0.5, 0.6) is 11.5 Å². The summed E-state index contributed by atoms with van der Waals surface area (Å²) in [5, 5.41) is 0. The Hall–Kier alpha value is -7.04. The summed E-state index contributed by atoms with van der Waals surface area (Å²) in [7, 11) is 3.41. The number of nitrogens with zero attached hydrogens (tertiary/aromatic N) is 2. The van der Waals surface area contributed by atoms with Crippen molar-refractivity contribution in [3.63, 3.8) is 0 Å². The summed E-state index contributed by atoms with van der Waals surface area (Å²) in [5.41, 5.74) is 18.6. The van der Waals surface area contributed by atoms with Gasteiger partial charge in [-0.1, -0.05) is 96.1 Å². The van der Waals surface area contributed by atoms with E-state index >= 15 is 0 Å². The predicted octanol–water partition coefficient (Wildman–Crippen LogP) is 13.6. The van der Waals surface area contributed by atoms with Crippen molar-refractivity contribution in [1.29, 1.82) is 0 Å². The van der Waals surface area contributed by atoms with Crippen molar-refractivity contribution in [3.8, 4) is 33.8 Å². The third-order valence-electron chi connectivity index (χ3n) is 11.8. The van der Waals surface area contributed by atoms with Gasteiger partial charge in [-0.2, -0.15) is 0 Å². The standard InChI is InChI=1S/C53H42N2O2/c1-35-13-17-37(18-14-35)54(38-19-15-36(2)16-20-38)41-25-31-47-45-9-5-7-11-49(45)53(51(47)33-41)50-12-8-6-10-46(50)48-32-26-42(34-52(48)53)55(39-21-27-43(56-3)28-22-39)40-23-29-44(57-4)30-24-40/h5-34H,1-4H3. The van der Waals surface area contributed by atoms with Crippen molar-refractivity contribution in [3.05, 3.63) is 215 Å². The monoisotopic (exact) mass is 738 g/mol. The van der Waals surface area contributed by atoms with Crippen LogP contribution in [-0.2, 0) is 5.41 Å². The smallest absolute Gasteiger partial charge is 0.119 e. The molecule has 1 atom stereocenters. The maximum absolute atomic E-state index is 5.57. The molecule has 2 aliphatic rings. The van der Waals surface area contributed by atoms with Gasteiger partial charge in [0.2, 0.25) is 0 Å². The van der Waals surface area contributed by atoms with Gasteiger partial charge in [-0.15, -0.1) is 0 Å². The fourth-order valence-electron chi connectivity index (χ4n) is 9.14. The third kappa shape index (κ3) is 5.43. The van der Waals surface area contributed by atoms with Gasteiger partial charge >= 0.3 is 0 Å². The Balaban J connectivity index is 1.23. The van der Waals surface area contributed by atoms with Crippen LogP contribution in [0.4, 0.5) is 34.1 Å². The van der Waals surface area contributed by atoms with E-state index in [-0.39, 0.29) is 0 Å². The summed E-state index contributed by atoms with van der Waals surface area (Å²) >= 11 is 0. The van der Waals surface area contributed by atoms with Crippen LogP contribution >= 0.6 is 0 Å².